The molecule has 100 valence electrons. The lowest BCUT2D eigenvalue weighted by Gasteiger charge is -2.23. The van der Waals surface area contributed by atoms with E-state index in [4.69, 9.17) is 0 Å². The van der Waals surface area contributed by atoms with Gasteiger partial charge in [-0.3, -0.25) is 0 Å². The summed E-state index contributed by atoms with van der Waals surface area (Å²) in [6.45, 7) is 2.25. The monoisotopic (exact) mass is 335 g/mol. The molecular formula is C16H18BrNS. The molecule has 0 spiro atoms. The van der Waals surface area contributed by atoms with Crippen LogP contribution in [0.25, 0.3) is 0 Å². The average molecular weight is 336 g/mol. The van der Waals surface area contributed by atoms with Gasteiger partial charge in [-0.2, -0.15) is 0 Å². The van der Waals surface area contributed by atoms with Crippen molar-refractivity contribution in [1.82, 2.24) is 5.32 Å². The molecule has 0 saturated heterocycles. The van der Waals surface area contributed by atoms with Gasteiger partial charge in [0.2, 0.25) is 0 Å². The van der Waals surface area contributed by atoms with Crippen molar-refractivity contribution in [2.75, 3.05) is 0 Å². The first-order chi connectivity index (χ1) is 9.25. The van der Waals surface area contributed by atoms with Crippen LogP contribution in [0.4, 0.5) is 0 Å². The molecule has 3 heteroatoms. The second kappa shape index (κ2) is 5.78. The van der Waals surface area contributed by atoms with E-state index in [1.165, 1.54) is 27.8 Å². The molecule has 1 heterocycles. The molecule has 2 unspecified atom stereocenters. The lowest BCUT2D eigenvalue weighted by Crippen LogP contribution is -2.25. The highest BCUT2D eigenvalue weighted by Crippen LogP contribution is 2.43. The minimum absolute atomic E-state index is 0.364. The van der Waals surface area contributed by atoms with Gasteiger partial charge in [-0.1, -0.05) is 40.2 Å². The molecule has 1 fully saturated rings. The Hall–Kier alpha value is -0.640. The Morgan fingerprint density at radius 1 is 1.21 bits per heavy atom. The van der Waals surface area contributed by atoms with Gasteiger partial charge in [0.25, 0.3) is 0 Å². The number of benzene rings is 1. The Balaban J connectivity index is 1.77. The molecule has 1 aromatic heterocycles. The summed E-state index contributed by atoms with van der Waals surface area (Å²) in [5.74, 6) is 0.823. The van der Waals surface area contributed by atoms with E-state index in [2.05, 4.69) is 69.9 Å². The maximum Gasteiger partial charge on any atom is 0.0448 e. The van der Waals surface area contributed by atoms with Crippen LogP contribution in [0.5, 0.6) is 0 Å². The summed E-state index contributed by atoms with van der Waals surface area (Å²) in [5.41, 5.74) is 1.34. The van der Waals surface area contributed by atoms with Crippen molar-refractivity contribution in [1.29, 1.82) is 0 Å². The van der Waals surface area contributed by atoms with Crippen molar-refractivity contribution in [2.45, 2.75) is 31.8 Å². The fourth-order valence-electron chi connectivity index (χ4n) is 2.53. The SMILES string of the molecule is CC(NC(c1cccs1)C1CC1)c1ccccc1Br. The smallest absolute Gasteiger partial charge is 0.0448 e. The Labute approximate surface area is 127 Å². The second-order valence-electron chi connectivity index (χ2n) is 5.24. The van der Waals surface area contributed by atoms with Gasteiger partial charge in [0.05, 0.1) is 0 Å². The summed E-state index contributed by atoms with van der Waals surface area (Å²) >= 11 is 5.52. The van der Waals surface area contributed by atoms with Crippen LogP contribution in [0.15, 0.2) is 46.3 Å². The third-order valence-electron chi connectivity index (χ3n) is 3.74. The summed E-state index contributed by atoms with van der Waals surface area (Å²) in [6.07, 6.45) is 2.72. The van der Waals surface area contributed by atoms with E-state index in [0.29, 0.717) is 12.1 Å². The molecule has 0 radical (unpaired) electrons. The van der Waals surface area contributed by atoms with Crippen molar-refractivity contribution in [3.05, 3.63) is 56.7 Å². The predicted molar refractivity (Wildman–Crippen MR) is 85.5 cm³/mol. The van der Waals surface area contributed by atoms with Gasteiger partial charge in [-0.25, -0.2) is 0 Å². The Bertz CT molecular complexity index is 533. The lowest BCUT2D eigenvalue weighted by molar-refractivity contribution is 0.432. The highest BCUT2D eigenvalue weighted by atomic mass is 79.9. The average Bonchev–Trinajstić information content (AvgIpc) is 3.11. The Morgan fingerprint density at radius 3 is 2.63 bits per heavy atom. The predicted octanol–water partition coefficient (Wildman–Crippen LogP) is 5.31. The molecule has 3 rings (SSSR count). The Kier molecular flexibility index (Phi) is 4.06. The summed E-state index contributed by atoms with van der Waals surface area (Å²) < 4.78 is 1.19. The van der Waals surface area contributed by atoms with Gasteiger partial charge in [-0.05, 0) is 48.8 Å². The Morgan fingerprint density at radius 2 is 2.00 bits per heavy atom. The zero-order valence-corrected chi connectivity index (χ0v) is 13.4. The molecule has 2 atom stereocenters. The number of rotatable bonds is 5. The third kappa shape index (κ3) is 3.10. The quantitative estimate of drug-likeness (QED) is 0.780. The highest BCUT2D eigenvalue weighted by molar-refractivity contribution is 9.10. The van der Waals surface area contributed by atoms with Gasteiger partial charge in [0, 0.05) is 21.4 Å². The van der Waals surface area contributed by atoms with Crippen LogP contribution in [0.2, 0.25) is 0 Å². The maximum absolute atomic E-state index is 3.82. The zero-order chi connectivity index (χ0) is 13.2. The van der Waals surface area contributed by atoms with Gasteiger partial charge >= 0.3 is 0 Å². The number of thiophene rings is 1. The van der Waals surface area contributed by atoms with Crippen LogP contribution in [0, 0.1) is 5.92 Å². The van der Waals surface area contributed by atoms with E-state index in [9.17, 15) is 0 Å². The molecular weight excluding hydrogens is 318 g/mol. The molecule has 1 nitrogen and oxygen atoms in total. The van der Waals surface area contributed by atoms with E-state index in [0.717, 1.165) is 5.92 Å². The summed E-state index contributed by atoms with van der Waals surface area (Å²) in [7, 11) is 0. The molecule has 19 heavy (non-hydrogen) atoms. The topological polar surface area (TPSA) is 12.0 Å². The van der Waals surface area contributed by atoms with Crippen molar-refractivity contribution in [3.8, 4) is 0 Å². The second-order valence-corrected chi connectivity index (χ2v) is 7.07. The van der Waals surface area contributed by atoms with Crippen LogP contribution >= 0.6 is 27.3 Å². The van der Waals surface area contributed by atoms with Crippen LogP contribution in [-0.4, -0.2) is 0 Å². The van der Waals surface area contributed by atoms with E-state index in [-0.39, 0.29) is 0 Å². The fraction of sp³-hybridized carbons (Fsp3) is 0.375. The standard InChI is InChI=1S/C16H18BrNS/c1-11(13-5-2-3-6-14(13)17)18-16(12-8-9-12)15-7-4-10-19-15/h2-7,10-12,16,18H,8-9H2,1H3. The third-order valence-corrected chi connectivity index (χ3v) is 5.42. The van der Waals surface area contributed by atoms with Crippen LogP contribution in [0.3, 0.4) is 0 Å². The molecule has 0 amide bonds. The van der Waals surface area contributed by atoms with E-state index in [1.54, 1.807) is 0 Å². The van der Waals surface area contributed by atoms with E-state index in [1.807, 2.05) is 11.3 Å². The van der Waals surface area contributed by atoms with E-state index >= 15 is 0 Å². The molecule has 0 aliphatic heterocycles. The van der Waals surface area contributed by atoms with Crippen LogP contribution in [-0.2, 0) is 0 Å². The van der Waals surface area contributed by atoms with Crippen molar-refractivity contribution >= 4 is 27.3 Å². The van der Waals surface area contributed by atoms with Crippen LogP contribution in [0.1, 0.15) is 42.3 Å². The highest BCUT2D eigenvalue weighted by Gasteiger charge is 2.33. The largest absolute Gasteiger partial charge is 0.302 e. The first-order valence-electron chi connectivity index (χ1n) is 6.79. The van der Waals surface area contributed by atoms with Crippen LogP contribution < -0.4 is 5.32 Å². The molecule has 1 aromatic carbocycles. The summed E-state index contributed by atoms with van der Waals surface area (Å²) in [5, 5.41) is 5.99. The number of hydrogen-bond acceptors (Lipinski definition) is 2. The molecule has 0 bridgehead atoms. The molecule has 2 aromatic rings. The first kappa shape index (κ1) is 13.3. The summed E-state index contributed by atoms with van der Waals surface area (Å²) in [4.78, 5) is 1.47. The minimum Gasteiger partial charge on any atom is -0.302 e. The minimum atomic E-state index is 0.364. The van der Waals surface area contributed by atoms with Gasteiger partial charge < -0.3 is 5.32 Å². The normalized spacial score (nSPS) is 18.2. The maximum atomic E-state index is 3.82. The number of hydrogen-bond donors (Lipinski definition) is 1. The molecule has 1 N–H and O–H groups in total. The van der Waals surface area contributed by atoms with Crippen molar-refractivity contribution < 1.29 is 0 Å². The van der Waals surface area contributed by atoms with Crippen molar-refractivity contribution in [3.63, 3.8) is 0 Å². The molecule has 1 aliphatic carbocycles. The molecule has 1 aliphatic rings. The number of halogens is 1. The lowest BCUT2D eigenvalue weighted by atomic mass is 10.0. The molecule has 1 saturated carbocycles. The number of nitrogens with one attached hydrogen (secondary N) is 1. The van der Waals surface area contributed by atoms with Gasteiger partial charge in [-0.15, -0.1) is 11.3 Å². The zero-order valence-electron chi connectivity index (χ0n) is 11.0. The fourth-order valence-corrected chi connectivity index (χ4v) is 4.04. The van der Waals surface area contributed by atoms with Crippen molar-refractivity contribution in [2.24, 2.45) is 5.92 Å². The first-order valence-corrected chi connectivity index (χ1v) is 8.47. The van der Waals surface area contributed by atoms with Gasteiger partial charge in [0.1, 0.15) is 0 Å². The van der Waals surface area contributed by atoms with Gasteiger partial charge in [0.15, 0.2) is 0 Å². The van der Waals surface area contributed by atoms with E-state index < -0.39 is 0 Å². The summed E-state index contributed by atoms with van der Waals surface area (Å²) in [6, 6.07) is 13.8.